The highest BCUT2D eigenvalue weighted by atomic mass is 16.5. The van der Waals surface area contributed by atoms with Crippen molar-refractivity contribution in [1.82, 2.24) is 55.1 Å². The third-order valence-electron chi connectivity index (χ3n) is 16.0. The van der Waals surface area contributed by atoms with Crippen LogP contribution in [-0.2, 0) is 24.4 Å². The molecule has 0 saturated carbocycles. The van der Waals surface area contributed by atoms with Crippen molar-refractivity contribution in [2.24, 2.45) is 5.41 Å². The maximum atomic E-state index is 13.3. The SMILES string of the molecule is CCOc1nc2nc(n1)Nc1ccc(C(=O)NCC(C)(C)CN(C)C)c(c1)OCCCCOc1cccc(c1)CN2.CCOc1nc2nc(n1)Nc1ccc(C(=O)O)c(c1)OCCCCOc1cccc(c1)CN2.CCOc1nc2nc(n1)Nc1ccc(C(=O)OC)c(c1)OCCCCOc1cccc(c1)CN2. The summed E-state index contributed by atoms with van der Waals surface area (Å²) in [5, 5.41) is 31.7. The minimum atomic E-state index is -1.06. The molecule has 6 heterocycles. The lowest BCUT2D eigenvalue weighted by atomic mass is 9.93. The molecule has 0 atom stereocenters. The van der Waals surface area contributed by atoms with Crippen LogP contribution in [0.15, 0.2) is 127 Å². The fourth-order valence-electron chi connectivity index (χ4n) is 11.1. The Hall–Kier alpha value is -12.3. The number of benzene rings is 6. The van der Waals surface area contributed by atoms with E-state index in [4.69, 9.17) is 47.4 Å². The number of carboxylic acid groups (broad SMARTS) is 1. The van der Waals surface area contributed by atoms with Crippen LogP contribution in [0.4, 0.5) is 52.8 Å². The largest absolute Gasteiger partial charge is 0.494 e. The van der Waals surface area contributed by atoms with E-state index in [2.05, 4.69) is 101 Å². The van der Waals surface area contributed by atoms with E-state index in [1.54, 1.807) is 42.5 Å². The minimum Gasteiger partial charge on any atom is -0.494 e. The first-order chi connectivity index (χ1) is 52.4. The Morgan fingerprint density at radius 3 is 1.16 bits per heavy atom. The topological polar surface area (TPSA) is 367 Å². The summed E-state index contributed by atoms with van der Waals surface area (Å²) in [6, 6.07) is 39.3. The molecule has 108 heavy (non-hydrogen) atoms. The number of esters is 1. The standard InChI is InChI=1S/C30H41N7O4.C24H27N5O5.C23H25N5O5/c1-6-39-29-35-27-31-18-21-10-9-11-23(16-21)40-14-7-8-15-41-25-17-22(33-28(34-27)36-29)12-13-24(25)26(38)32-19-30(2,3)20-37(4)5;1-3-32-24-28-22-25-15-16-7-6-8-18(13-16)33-11-4-5-12-34-20-14-17(26-23(27-22)29-24)9-10-19(20)21(30)31-2;1-2-31-23-27-21-24-14-15-6-5-7-17(12-15)32-10-3-4-11-33-19-13-16(25-22(26-21)28-23)8-9-18(19)20(29)30/h9-13,16-17H,6-8,14-15,18-20H2,1-5H3,(H,32,38)(H2,31,33,34,35,36);6-10,13-14H,3-5,11-12,15H2,1-2H3,(H2,25,26,27,28,29);5-9,12-13H,2-4,10-11,14H2,1H3,(H,29,30)(H2,24,25,26,27,28). The van der Waals surface area contributed by atoms with E-state index in [0.717, 1.165) is 72.6 Å². The number of hydrogen-bond donors (Lipinski definition) is 8. The highest BCUT2D eigenvalue weighted by molar-refractivity contribution is 5.97. The Balaban J connectivity index is 0.000000174. The number of carbonyl (C=O) groups excluding carboxylic acids is 2. The summed E-state index contributed by atoms with van der Waals surface area (Å²) < 4.78 is 57.0. The van der Waals surface area contributed by atoms with Crippen LogP contribution in [0.1, 0.15) is 121 Å². The van der Waals surface area contributed by atoms with Gasteiger partial charge in [0.2, 0.25) is 35.7 Å². The normalized spacial score (nSPS) is 13.8. The summed E-state index contributed by atoms with van der Waals surface area (Å²) in [6.07, 6.45) is 4.62. The van der Waals surface area contributed by atoms with Gasteiger partial charge < -0.3 is 94.6 Å². The first kappa shape index (κ1) is 78.3. The maximum Gasteiger partial charge on any atom is 0.341 e. The average Bonchev–Trinajstić information content (AvgIpc) is 0.832. The highest BCUT2D eigenvalue weighted by Gasteiger charge is 2.24. The molecule has 0 spiro atoms. The number of hydrogen-bond acceptors (Lipinski definition) is 29. The predicted molar refractivity (Wildman–Crippen MR) is 407 cm³/mol. The summed E-state index contributed by atoms with van der Waals surface area (Å²) in [5.74, 6) is 3.68. The number of methoxy groups -OCH3 is 1. The number of rotatable bonds is 13. The molecule has 31 nitrogen and oxygen atoms in total. The molecule has 31 heteroatoms. The Labute approximate surface area is 627 Å². The molecule has 570 valence electrons. The van der Waals surface area contributed by atoms with Crippen LogP contribution < -0.4 is 79.8 Å². The van der Waals surface area contributed by atoms with E-state index in [9.17, 15) is 19.5 Å². The zero-order valence-electron chi connectivity index (χ0n) is 62.0. The van der Waals surface area contributed by atoms with Crippen LogP contribution >= 0.6 is 0 Å². The molecule has 3 aliphatic heterocycles. The van der Waals surface area contributed by atoms with Crippen LogP contribution in [0.2, 0.25) is 0 Å². The Morgan fingerprint density at radius 2 is 0.796 bits per heavy atom. The van der Waals surface area contributed by atoms with Crippen molar-refractivity contribution < 1.29 is 66.9 Å². The number of aromatic carboxylic acids is 1. The van der Waals surface area contributed by atoms with E-state index >= 15 is 0 Å². The number of nitrogens with zero attached hydrogens (tertiary/aromatic N) is 10. The molecular weight excluding hydrogens is 1390 g/mol. The number of nitrogens with one attached hydrogen (secondary N) is 7. The third kappa shape index (κ3) is 24.7. The van der Waals surface area contributed by atoms with Crippen molar-refractivity contribution >= 4 is 70.6 Å². The van der Waals surface area contributed by atoms with E-state index in [-0.39, 0.29) is 52.6 Å². The van der Waals surface area contributed by atoms with Gasteiger partial charge >= 0.3 is 30.0 Å². The molecule has 18 bridgehead atoms. The Morgan fingerprint density at radius 1 is 0.454 bits per heavy atom. The molecule has 6 aromatic carbocycles. The van der Waals surface area contributed by atoms with Gasteiger partial charge in [0, 0.05) is 68.0 Å². The van der Waals surface area contributed by atoms with Gasteiger partial charge in [-0.25, -0.2) is 9.59 Å². The molecule has 12 rings (SSSR count). The van der Waals surface area contributed by atoms with Gasteiger partial charge in [0.15, 0.2) is 0 Å². The lowest BCUT2D eigenvalue weighted by molar-refractivity contribution is 0.0594. The molecule has 0 aliphatic carbocycles. The van der Waals surface area contributed by atoms with E-state index in [1.165, 1.54) is 13.2 Å². The lowest BCUT2D eigenvalue weighted by Crippen LogP contribution is -2.40. The maximum absolute atomic E-state index is 13.3. The summed E-state index contributed by atoms with van der Waals surface area (Å²) in [5.41, 5.74) is 5.74. The molecular formula is C77H93N17O14. The van der Waals surface area contributed by atoms with Gasteiger partial charge in [0.1, 0.15) is 45.6 Å². The molecule has 3 aliphatic rings. The number of carbonyl (C=O) groups is 3. The summed E-state index contributed by atoms with van der Waals surface area (Å²) >= 11 is 0. The van der Waals surface area contributed by atoms with Gasteiger partial charge in [-0.05, 0) is 168 Å². The Kier molecular flexibility index (Phi) is 28.8. The van der Waals surface area contributed by atoms with Gasteiger partial charge in [-0.3, -0.25) is 4.79 Å². The zero-order valence-corrected chi connectivity index (χ0v) is 62.0. The number of carboxylic acids is 1. The summed E-state index contributed by atoms with van der Waals surface area (Å²) in [6.45, 7) is 16.8. The zero-order chi connectivity index (χ0) is 76.0. The van der Waals surface area contributed by atoms with Crippen molar-refractivity contribution in [1.29, 1.82) is 0 Å². The molecule has 0 radical (unpaired) electrons. The molecule has 8 N–H and O–H groups in total. The minimum absolute atomic E-state index is 0.0797. The second kappa shape index (κ2) is 39.7. The van der Waals surface area contributed by atoms with Crippen LogP contribution in [0, 0.1) is 5.41 Å². The van der Waals surface area contributed by atoms with Crippen LogP contribution in [0.25, 0.3) is 0 Å². The summed E-state index contributed by atoms with van der Waals surface area (Å²) in [4.78, 5) is 78.6. The second-order valence-corrected chi connectivity index (χ2v) is 25.7. The fourth-order valence-corrected chi connectivity index (χ4v) is 11.1. The monoisotopic (exact) mass is 1480 g/mol. The molecule has 3 aromatic heterocycles. The highest BCUT2D eigenvalue weighted by Crippen LogP contribution is 2.32. The second-order valence-electron chi connectivity index (χ2n) is 25.7. The first-order valence-electron chi connectivity index (χ1n) is 35.9. The van der Waals surface area contributed by atoms with Gasteiger partial charge in [-0.2, -0.15) is 44.9 Å². The molecule has 1 amide bonds. The van der Waals surface area contributed by atoms with Gasteiger partial charge in [0.05, 0.1) is 72.1 Å². The van der Waals surface area contributed by atoms with Crippen molar-refractivity contribution in [3.05, 3.63) is 161 Å². The number of anilines is 9. The molecule has 0 unspecified atom stereocenters. The van der Waals surface area contributed by atoms with Crippen molar-refractivity contribution in [2.75, 3.05) is 126 Å². The van der Waals surface area contributed by atoms with Crippen molar-refractivity contribution in [3.8, 4) is 52.5 Å². The van der Waals surface area contributed by atoms with Crippen molar-refractivity contribution in [2.45, 2.75) is 92.8 Å². The van der Waals surface area contributed by atoms with Crippen molar-refractivity contribution in [3.63, 3.8) is 0 Å². The summed E-state index contributed by atoms with van der Waals surface area (Å²) in [7, 11) is 5.39. The van der Waals surface area contributed by atoms with Gasteiger partial charge in [-0.15, -0.1) is 0 Å². The average molecular weight is 1480 g/mol. The third-order valence-corrected chi connectivity index (χ3v) is 16.0. The van der Waals surface area contributed by atoms with E-state index in [0.29, 0.717) is 156 Å². The number of amides is 1. The van der Waals surface area contributed by atoms with Gasteiger partial charge in [-0.1, -0.05) is 50.2 Å². The van der Waals surface area contributed by atoms with E-state index < -0.39 is 11.9 Å². The molecule has 0 saturated heterocycles. The first-order valence-corrected chi connectivity index (χ1v) is 35.9. The fraction of sp³-hybridized carbons (Fsp3) is 0.377. The van der Waals surface area contributed by atoms with E-state index in [1.807, 2.05) is 114 Å². The number of aromatic nitrogens is 9. The molecule has 0 fully saturated rings. The quantitative estimate of drug-likeness (QED) is 0.0497. The molecule has 9 aromatic rings. The Bertz CT molecular complexity index is 4460. The van der Waals surface area contributed by atoms with Crippen LogP contribution in [0.5, 0.6) is 52.5 Å². The lowest BCUT2D eigenvalue weighted by Gasteiger charge is -2.28. The predicted octanol–water partition coefficient (Wildman–Crippen LogP) is 12.3. The smallest absolute Gasteiger partial charge is 0.341 e. The van der Waals surface area contributed by atoms with Gasteiger partial charge in [0.25, 0.3) is 5.91 Å². The van der Waals surface area contributed by atoms with Crippen LogP contribution in [0.3, 0.4) is 0 Å². The van der Waals surface area contributed by atoms with Crippen LogP contribution in [-0.4, -0.2) is 166 Å². The number of ether oxygens (including phenoxy) is 10. The number of fused-ring (bicyclic) bond motifs is 18.